The van der Waals surface area contributed by atoms with Gasteiger partial charge in [-0.25, -0.2) is 8.42 Å². The average molecular weight is 312 g/mol. The van der Waals surface area contributed by atoms with Crippen LogP contribution in [0.2, 0.25) is 5.02 Å². The Hall–Kier alpha value is -1.72. The lowest BCUT2D eigenvalue weighted by Crippen LogP contribution is -2.05. The Morgan fingerprint density at radius 1 is 1.15 bits per heavy atom. The third-order valence-corrected chi connectivity index (χ3v) is 4.29. The monoisotopic (exact) mass is 311 g/mol. The summed E-state index contributed by atoms with van der Waals surface area (Å²) in [6.07, 6.45) is 1.11. The molecule has 0 aliphatic heterocycles. The molecule has 0 fully saturated rings. The molecule has 2 N–H and O–H groups in total. The van der Waals surface area contributed by atoms with Gasteiger partial charge in [-0.1, -0.05) is 35.9 Å². The van der Waals surface area contributed by atoms with Gasteiger partial charge in [0.15, 0.2) is 9.84 Å². The first-order chi connectivity index (χ1) is 9.39. The molecule has 0 spiro atoms. The lowest BCUT2D eigenvalue weighted by molar-refractivity contribution is 0.307. The van der Waals surface area contributed by atoms with Crippen molar-refractivity contribution in [3.63, 3.8) is 0 Å². The van der Waals surface area contributed by atoms with E-state index in [2.05, 4.69) is 0 Å². The molecule has 6 heteroatoms. The zero-order chi connectivity index (χ0) is 14.8. The molecule has 0 aliphatic rings. The predicted molar refractivity (Wildman–Crippen MR) is 79.7 cm³/mol. The van der Waals surface area contributed by atoms with E-state index in [1.807, 2.05) is 18.2 Å². The maximum atomic E-state index is 11.6. The Morgan fingerprint density at radius 3 is 2.50 bits per heavy atom. The molecule has 2 aromatic carbocycles. The number of nitrogen functional groups attached to an aromatic ring is 1. The van der Waals surface area contributed by atoms with Crippen LogP contribution in [0, 0.1) is 0 Å². The van der Waals surface area contributed by atoms with E-state index in [4.69, 9.17) is 22.1 Å². The summed E-state index contributed by atoms with van der Waals surface area (Å²) in [7, 11) is -3.38. The molecule has 0 amide bonds. The number of rotatable bonds is 4. The summed E-state index contributed by atoms with van der Waals surface area (Å²) in [6, 6.07) is 11.9. The molecule has 0 saturated carbocycles. The predicted octanol–water partition coefficient (Wildman–Crippen LogP) is 2.90. The highest BCUT2D eigenvalue weighted by molar-refractivity contribution is 7.90. The summed E-state index contributed by atoms with van der Waals surface area (Å²) < 4.78 is 28.7. The van der Waals surface area contributed by atoms with E-state index in [0.29, 0.717) is 10.8 Å². The van der Waals surface area contributed by atoms with Crippen molar-refractivity contribution in [2.75, 3.05) is 12.0 Å². The summed E-state index contributed by atoms with van der Waals surface area (Å²) in [5, 5.41) is 0.588. The van der Waals surface area contributed by atoms with Gasteiger partial charge >= 0.3 is 0 Å². The number of hydrogen-bond acceptors (Lipinski definition) is 4. The summed E-state index contributed by atoms with van der Waals surface area (Å²) >= 11 is 6.03. The second kappa shape index (κ2) is 5.73. The number of hydrogen-bond donors (Lipinski definition) is 1. The molecule has 0 bridgehead atoms. The maximum absolute atomic E-state index is 11.6. The van der Waals surface area contributed by atoms with Crippen LogP contribution in [-0.2, 0) is 16.4 Å². The fourth-order valence-corrected chi connectivity index (χ4v) is 2.76. The molecule has 0 heterocycles. The number of nitrogens with two attached hydrogens (primary N) is 1. The molecule has 20 heavy (non-hydrogen) atoms. The van der Waals surface area contributed by atoms with Crippen molar-refractivity contribution in [1.29, 1.82) is 0 Å². The van der Waals surface area contributed by atoms with E-state index in [9.17, 15) is 8.42 Å². The number of anilines is 1. The second-order valence-corrected chi connectivity index (χ2v) is 6.71. The largest absolute Gasteiger partial charge is 0.487 e. The van der Waals surface area contributed by atoms with Crippen LogP contribution in [0.25, 0.3) is 0 Å². The molecule has 0 aliphatic carbocycles. The van der Waals surface area contributed by atoms with Crippen LogP contribution in [0.1, 0.15) is 5.56 Å². The van der Waals surface area contributed by atoms with Gasteiger partial charge in [0, 0.05) is 16.8 Å². The topological polar surface area (TPSA) is 69.4 Å². The van der Waals surface area contributed by atoms with E-state index in [0.717, 1.165) is 11.8 Å². The number of sulfone groups is 1. The van der Waals surface area contributed by atoms with E-state index in [-0.39, 0.29) is 17.2 Å². The molecule has 0 saturated heterocycles. The molecule has 0 aromatic heterocycles. The average Bonchev–Trinajstić information content (AvgIpc) is 2.38. The third kappa shape index (κ3) is 3.23. The number of ether oxygens (including phenoxy) is 1. The van der Waals surface area contributed by atoms with Crippen molar-refractivity contribution in [2.24, 2.45) is 0 Å². The highest BCUT2D eigenvalue weighted by Crippen LogP contribution is 2.29. The Kier molecular flexibility index (Phi) is 4.20. The van der Waals surface area contributed by atoms with Gasteiger partial charge in [0.25, 0.3) is 0 Å². The lowest BCUT2D eigenvalue weighted by Gasteiger charge is -2.12. The highest BCUT2D eigenvalue weighted by atomic mass is 35.5. The van der Waals surface area contributed by atoms with Gasteiger partial charge < -0.3 is 10.5 Å². The molecule has 2 rings (SSSR count). The minimum absolute atomic E-state index is 0.0640. The van der Waals surface area contributed by atoms with Gasteiger partial charge in [-0.15, -0.1) is 0 Å². The molecular weight excluding hydrogens is 298 g/mol. The maximum Gasteiger partial charge on any atom is 0.177 e. The van der Waals surface area contributed by atoms with Gasteiger partial charge in [0.05, 0.1) is 10.6 Å². The van der Waals surface area contributed by atoms with Crippen molar-refractivity contribution < 1.29 is 13.2 Å². The fourth-order valence-electron chi connectivity index (χ4n) is 1.74. The van der Waals surface area contributed by atoms with Crippen molar-refractivity contribution in [3.8, 4) is 5.75 Å². The quantitative estimate of drug-likeness (QED) is 0.881. The zero-order valence-electron chi connectivity index (χ0n) is 10.8. The summed E-state index contributed by atoms with van der Waals surface area (Å²) in [4.78, 5) is 0.0640. The first-order valence-electron chi connectivity index (χ1n) is 5.84. The number of para-hydroxylation sites is 1. The highest BCUT2D eigenvalue weighted by Gasteiger charge is 2.15. The van der Waals surface area contributed by atoms with Gasteiger partial charge in [0.2, 0.25) is 0 Å². The minimum Gasteiger partial charge on any atom is -0.487 e. The van der Waals surface area contributed by atoms with Gasteiger partial charge in [-0.05, 0) is 18.2 Å². The van der Waals surface area contributed by atoms with Crippen LogP contribution < -0.4 is 10.5 Å². The molecule has 0 radical (unpaired) electrons. The van der Waals surface area contributed by atoms with Crippen LogP contribution in [0.3, 0.4) is 0 Å². The summed E-state index contributed by atoms with van der Waals surface area (Å²) in [5.74, 6) is 0.327. The second-order valence-electron chi connectivity index (χ2n) is 4.32. The molecule has 0 unspecified atom stereocenters. The van der Waals surface area contributed by atoms with Gasteiger partial charge in [-0.3, -0.25) is 0 Å². The standard InChI is InChI=1S/C14H14ClNO3S/c1-20(17,18)13-8-4-7-12(14(13)16)19-9-10-5-2-3-6-11(10)15/h2-8H,9,16H2,1H3. The normalized spacial score (nSPS) is 11.3. The molecular formula is C14H14ClNO3S. The van der Waals surface area contributed by atoms with E-state index < -0.39 is 9.84 Å². The van der Waals surface area contributed by atoms with Crippen LogP contribution in [0.4, 0.5) is 5.69 Å². The smallest absolute Gasteiger partial charge is 0.177 e. The molecule has 106 valence electrons. The fraction of sp³-hybridized carbons (Fsp3) is 0.143. The molecule has 2 aromatic rings. The summed E-state index contributed by atoms with van der Waals surface area (Å²) in [6.45, 7) is 0.219. The third-order valence-electron chi connectivity index (χ3n) is 2.77. The molecule has 4 nitrogen and oxygen atoms in total. The van der Waals surface area contributed by atoms with Gasteiger partial charge in [0.1, 0.15) is 12.4 Å². The Morgan fingerprint density at radius 2 is 1.85 bits per heavy atom. The van der Waals surface area contributed by atoms with Crippen LogP contribution in [-0.4, -0.2) is 14.7 Å². The van der Waals surface area contributed by atoms with Gasteiger partial charge in [-0.2, -0.15) is 0 Å². The molecule has 0 atom stereocenters. The first-order valence-corrected chi connectivity index (χ1v) is 8.11. The number of benzene rings is 2. The Labute approximate surface area is 123 Å². The van der Waals surface area contributed by atoms with Crippen molar-refractivity contribution in [1.82, 2.24) is 0 Å². The van der Waals surface area contributed by atoms with Crippen LogP contribution in [0.15, 0.2) is 47.4 Å². The SMILES string of the molecule is CS(=O)(=O)c1cccc(OCc2ccccc2Cl)c1N. The van der Waals surface area contributed by atoms with E-state index in [1.165, 1.54) is 6.07 Å². The van der Waals surface area contributed by atoms with E-state index >= 15 is 0 Å². The van der Waals surface area contributed by atoms with Crippen molar-refractivity contribution in [2.45, 2.75) is 11.5 Å². The first kappa shape index (κ1) is 14.7. The van der Waals surface area contributed by atoms with Crippen molar-refractivity contribution in [3.05, 3.63) is 53.1 Å². The van der Waals surface area contributed by atoms with E-state index in [1.54, 1.807) is 18.2 Å². The summed E-state index contributed by atoms with van der Waals surface area (Å²) in [5.41, 5.74) is 6.75. The Bertz CT molecular complexity index is 729. The Balaban J connectivity index is 2.25. The zero-order valence-corrected chi connectivity index (χ0v) is 12.4. The van der Waals surface area contributed by atoms with Crippen LogP contribution in [0.5, 0.6) is 5.75 Å². The van der Waals surface area contributed by atoms with Crippen molar-refractivity contribution >= 4 is 27.1 Å². The lowest BCUT2D eigenvalue weighted by atomic mass is 10.2. The minimum atomic E-state index is -3.38. The van der Waals surface area contributed by atoms with Crippen LogP contribution >= 0.6 is 11.6 Å². The number of halogens is 1.